The Hall–Kier alpha value is -1.29. The van der Waals surface area contributed by atoms with Crippen molar-refractivity contribution in [2.24, 2.45) is 0 Å². The van der Waals surface area contributed by atoms with Crippen LogP contribution in [0, 0.1) is 0 Å². The summed E-state index contributed by atoms with van der Waals surface area (Å²) in [7, 11) is 0. The molecule has 0 aromatic carbocycles. The molecule has 1 amide bonds. The highest BCUT2D eigenvalue weighted by molar-refractivity contribution is 5.81. The zero-order chi connectivity index (χ0) is 10.5. The first-order valence-corrected chi connectivity index (χ1v) is 5.38. The molecule has 0 bridgehead atoms. The van der Waals surface area contributed by atoms with E-state index in [4.69, 9.17) is 4.42 Å². The Morgan fingerprint density at radius 3 is 3.20 bits per heavy atom. The van der Waals surface area contributed by atoms with Gasteiger partial charge < -0.3 is 15.1 Å². The maximum Gasteiger partial charge on any atom is 0.237 e. The second-order valence-electron chi connectivity index (χ2n) is 3.85. The Kier molecular flexibility index (Phi) is 3.40. The Morgan fingerprint density at radius 1 is 1.60 bits per heavy atom. The maximum absolute atomic E-state index is 11.7. The number of furan rings is 1. The fraction of sp³-hybridized carbons (Fsp3) is 0.545. The van der Waals surface area contributed by atoms with Gasteiger partial charge in [0.1, 0.15) is 0 Å². The third-order valence-corrected chi connectivity index (χ3v) is 2.67. The first kappa shape index (κ1) is 10.2. The normalized spacial score (nSPS) is 21.2. The van der Waals surface area contributed by atoms with E-state index in [1.807, 2.05) is 6.07 Å². The molecular formula is C11H16N2O2. The van der Waals surface area contributed by atoms with Gasteiger partial charge >= 0.3 is 0 Å². The molecule has 1 fully saturated rings. The fourth-order valence-corrected chi connectivity index (χ4v) is 1.78. The molecule has 0 aliphatic carbocycles. The van der Waals surface area contributed by atoms with Crippen LogP contribution in [0.2, 0.25) is 0 Å². The Morgan fingerprint density at radius 2 is 2.53 bits per heavy atom. The van der Waals surface area contributed by atoms with Crippen molar-refractivity contribution in [2.45, 2.75) is 31.8 Å². The van der Waals surface area contributed by atoms with E-state index in [1.165, 1.54) is 6.42 Å². The van der Waals surface area contributed by atoms with Crippen molar-refractivity contribution >= 4 is 5.91 Å². The third kappa shape index (κ3) is 2.83. The summed E-state index contributed by atoms with van der Waals surface area (Å²) in [4.78, 5) is 11.7. The maximum atomic E-state index is 11.7. The predicted octanol–water partition coefficient (Wildman–Crippen LogP) is 1.04. The van der Waals surface area contributed by atoms with Gasteiger partial charge in [-0.1, -0.05) is 6.42 Å². The summed E-state index contributed by atoms with van der Waals surface area (Å²) in [5, 5.41) is 6.11. The second-order valence-corrected chi connectivity index (χ2v) is 3.85. The van der Waals surface area contributed by atoms with Crippen molar-refractivity contribution < 1.29 is 9.21 Å². The van der Waals surface area contributed by atoms with E-state index in [-0.39, 0.29) is 11.9 Å². The molecule has 82 valence electrons. The fourth-order valence-electron chi connectivity index (χ4n) is 1.78. The van der Waals surface area contributed by atoms with Crippen LogP contribution in [0.5, 0.6) is 0 Å². The van der Waals surface area contributed by atoms with Crippen LogP contribution in [0.1, 0.15) is 24.8 Å². The van der Waals surface area contributed by atoms with E-state index >= 15 is 0 Å². The number of hydrogen-bond donors (Lipinski definition) is 2. The van der Waals surface area contributed by atoms with Crippen molar-refractivity contribution in [2.75, 3.05) is 6.54 Å². The van der Waals surface area contributed by atoms with Crippen molar-refractivity contribution in [3.8, 4) is 0 Å². The summed E-state index contributed by atoms with van der Waals surface area (Å²) in [6.07, 6.45) is 6.51. The highest BCUT2D eigenvalue weighted by Gasteiger charge is 2.19. The molecule has 1 aromatic heterocycles. The van der Waals surface area contributed by atoms with E-state index in [2.05, 4.69) is 10.6 Å². The first-order valence-electron chi connectivity index (χ1n) is 5.38. The number of carbonyl (C=O) groups is 1. The lowest BCUT2D eigenvalue weighted by atomic mass is 10.0. The molecule has 4 nitrogen and oxygen atoms in total. The van der Waals surface area contributed by atoms with Crippen LogP contribution in [0.3, 0.4) is 0 Å². The van der Waals surface area contributed by atoms with Gasteiger partial charge in [-0.05, 0) is 25.5 Å². The van der Waals surface area contributed by atoms with Gasteiger partial charge in [-0.3, -0.25) is 4.79 Å². The molecule has 2 N–H and O–H groups in total. The number of hydrogen-bond acceptors (Lipinski definition) is 3. The van der Waals surface area contributed by atoms with Gasteiger partial charge in [0, 0.05) is 12.1 Å². The molecule has 1 atom stereocenters. The van der Waals surface area contributed by atoms with Crippen molar-refractivity contribution in [1.29, 1.82) is 0 Å². The summed E-state index contributed by atoms with van der Waals surface area (Å²) in [6.45, 7) is 1.50. The van der Waals surface area contributed by atoms with Crippen LogP contribution in [0.25, 0.3) is 0 Å². The molecule has 0 unspecified atom stereocenters. The van der Waals surface area contributed by atoms with Crippen molar-refractivity contribution in [3.63, 3.8) is 0 Å². The highest BCUT2D eigenvalue weighted by Crippen LogP contribution is 2.07. The minimum atomic E-state index is -0.00866. The molecule has 0 saturated carbocycles. The molecule has 2 heterocycles. The lowest BCUT2D eigenvalue weighted by Gasteiger charge is -2.22. The summed E-state index contributed by atoms with van der Waals surface area (Å²) in [6, 6.07) is 1.85. The zero-order valence-corrected chi connectivity index (χ0v) is 8.66. The lowest BCUT2D eigenvalue weighted by molar-refractivity contribution is -0.123. The smallest absolute Gasteiger partial charge is 0.237 e. The first-order chi connectivity index (χ1) is 7.36. The molecule has 1 aliphatic rings. The summed E-state index contributed by atoms with van der Waals surface area (Å²) in [5.41, 5.74) is 0.999. The summed E-state index contributed by atoms with van der Waals surface area (Å²) >= 11 is 0. The standard InChI is InChI=1S/C11H16N2O2/c14-11(10-3-1-2-5-12-10)13-7-9-4-6-15-8-9/h4,6,8,10,12H,1-3,5,7H2,(H,13,14)/t10-/m0/s1. The molecule has 15 heavy (non-hydrogen) atoms. The van der Waals surface area contributed by atoms with Crippen LogP contribution in [0.15, 0.2) is 23.0 Å². The Bertz CT molecular complexity index is 302. The molecule has 1 aliphatic heterocycles. The Balaban J connectivity index is 1.76. The minimum absolute atomic E-state index is 0.00866. The monoisotopic (exact) mass is 208 g/mol. The van der Waals surface area contributed by atoms with E-state index in [1.54, 1.807) is 12.5 Å². The van der Waals surface area contributed by atoms with Crippen molar-refractivity contribution in [1.82, 2.24) is 10.6 Å². The molecular weight excluding hydrogens is 192 g/mol. The van der Waals surface area contributed by atoms with Gasteiger partial charge in [-0.2, -0.15) is 0 Å². The van der Waals surface area contributed by atoms with Crippen LogP contribution in [-0.4, -0.2) is 18.5 Å². The van der Waals surface area contributed by atoms with Crippen molar-refractivity contribution in [3.05, 3.63) is 24.2 Å². The van der Waals surface area contributed by atoms with Crippen LogP contribution in [0.4, 0.5) is 0 Å². The largest absolute Gasteiger partial charge is 0.472 e. The number of amides is 1. The van der Waals surface area contributed by atoms with E-state index in [9.17, 15) is 4.79 Å². The van der Waals surface area contributed by atoms with Crippen LogP contribution < -0.4 is 10.6 Å². The average Bonchev–Trinajstić information content (AvgIpc) is 2.80. The molecule has 2 rings (SSSR count). The quantitative estimate of drug-likeness (QED) is 0.780. The Labute approximate surface area is 89.0 Å². The van der Waals surface area contributed by atoms with E-state index < -0.39 is 0 Å². The van der Waals surface area contributed by atoms with Gasteiger partial charge in [0.2, 0.25) is 5.91 Å². The number of piperidine rings is 1. The van der Waals surface area contributed by atoms with E-state index in [0.717, 1.165) is 24.9 Å². The molecule has 0 spiro atoms. The second kappa shape index (κ2) is 4.98. The number of nitrogens with one attached hydrogen (secondary N) is 2. The predicted molar refractivity (Wildman–Crippen MR) is 56.2 cm³/mol. The van der Waals surface area contributed by atoms with Gasteiger partial charge in [-0.15, -0.1) is 0 Å². The molecule has 0 radical (unpaired) electrons. The van der Waals surface area contributed by atoms with Gasteiger partial charge in [0.15, 0.2) is 0 Å². The van der Waals surface area contributed by atoms with E-state index in [0.29, 0.717) is 6.54 Å². The molecule has 4 heteroatoms. The van der Waals surface area contributed by atoms with Gasteiger partial charge in [0.05, 0.1) is 18.6 Å². The summed E-state index contributed by atoms with van der Waals surface area (Å²) in [5.74, 6) is 0.0934. The average molecular weight is 208 g/mol. The van der Waals surface area contributed by atoms with Gasteiger partial charge in [0.25, 0.3) is 0 Å². The third-order valence-electron chi connectivity index (χ3n) is 2.67. The number of rotatable bonds is 3. The topological polar surface area (TPSA) is 54.3 Å². The SMILES string of the molecule is O=C(NCc1ccoc1)[C@@H]1CCCCN1. The number of carbonyl (C=O) groups excluding carboxylic acids is 1. The lowest BCUT2D eigenvalue weighted by Crippen LogP contribution is -2.46. The van der Waals surface area contributed by atoms with Crippen LogP contribution >= 0.6 is 0 Å². The van der Waals surface area contributed by atoms with Gasteiger partial charge in [-0.25, -0.2) is 0 Å². The molecule has 1 saturated heterocycles. The molecule has 1 aromatic rings. The summed E-state index contributed by atoms with van der Waals surface area (Å²) < 4.78 is 4.93. The van der Waals surface area contributed by atoms with Crippen LogP contribution in [-0.2, 0) is 11.3 Å². The zero-order valence-electron chi connectivity index (χ0n) is 8.66. The highest BCUT2D eigenvalue weighted by atomic mass is 16.3. The minimum Gasteiger partial charge on any atom is -0.472 e.